The van der Waals surface area contributed by atoms with E-state index in [1.807, 2.05) is 0 Å². The van der Waals surface area contributed by atoms with Crippen LogP contribution >= 0.6 is 0 Å². The SMILES string of the molecule is COCCNC(=O)[C@@H](C)OC(=O)c1ccc(OC(F)(F)F)cc1. The second-order valence-corrected chi connectivity index (χ2v) is 4.40. The number of methoxy groups -OCH3 is 1. The smallest absolute Gasteiger partial charge is 0.449 e. The molecule has 0 aliphatic carbocycles. The first-order valence-electron chi connectivity index (χ1n) is 6.56. The zero-order valence-corrected chi connectivity index (χ0v) is 12.5. The van der Waals surface area contributed by atoms with E-state index in [1.54, 1.807) is 0 Å². The number of carbonyl (C=O) groups excluding carboxylic acids is 2. The van der Waals surface area contributed by atoms with Crippen LogP contribution in [0.25, 0.3) is 0 Å². The number of halogens is 3. The number of hydrogen-bond donors (Lipinski definition) is 1. The van der Waals surface area contributed by atoms with Crippen LogP contribution in [0.1, 0.15) is 17.3 Å². The molecule has 1 aromatic rings. The van der Waals surface area contributed by atoms with Gasteiger partial charge in [-0.2, -0.15) is 0 Å². The Kier molecular flexibility index (Phi) is 6.83. The van der Waals surface area contributed by atoms with Gasteiger partial charge in [-0.05, 0) is 31.2 Å². The molecule has 1 N–H and O–H groups in total. The lowest BCUT2D eigenvalue weighted by atomic mass is 10.2. The zero-order valence-electron chi connectivity index (χ0n) is 12.5. The molecule has 0 aromatic heterocycles. The minimum absolute atomic E-state index is 0.00364. The van der Waals surface area contributed by atoms with E-state index < -0.39 is 30.1 Å². The molecule has 0 aliphatic heterocycles. The van der Waals surface area contributed by atoms with E-state index in [0.717, 1.165) is 24.3 Å². The molecule has 0 unspecified atom stereocenters. The van der Waals surface area contributed by atoms with Gasteiger partial charge < -0.3 is 19.5 Å². The predicted octanol–water partition coefficient (Wildman–Crippen LogP) is 1.89. The maximum Gasteiger partial charge on any atom is 0.573 e. The van der Waals surface area contributed by atoms with Crippen LogP contribution in [0.2, 0.25) is 0 Å². The molecule has 23 heavy (non-hydrogen) atoms. The van der Waals surface area contributed by atoms with E-state index in [1.165, 1.54) is 14.0 Å². The van der Waals surface area contributed by atoms with E-state index in [9.17, 15) is 22.8 Å². The molecule has 0 radical (unpaired) electrons. The number of hydrogen-bond acceptors (Lipinski definition) is 5. The summed E-state index contributed by atoms with van der Waals surface area (Å²) in [5.74, 6) is -1.80. The number of ether oxygens (including phenoxy) is 3. The minimum Gasteiger partial charge on any atom is -0.449 e. The first-order valence-corrected chi connectivity index (χ1v) is 6.56. The van der Waals surface area contributed by atoms with Gasteiger partial charge in [0.2, 0.25) is 0 Å². The summed E-state index contributed by atoms with van der Waals surface area (Å²) in [6.45, 7) is 1.95. The fourth-order valence-electron chi connectivity index (χ4n) is 1.49. The Labute approximate surface area is 130 Å². The third kappa shape index (κ3) is 7.00. The highest BCUT2D eigenvalue weighted by Gasteiger charge is 2.31. The van der Waals surface area contributed by atoms with Crippen LogP contribution in [-0.2, 0) is 14.3 Å². The van der Waals surface area contributed by atoms with Gasteiger partial charge in [0.05, 0.1) is 12.2 Å². The Balaban J connectivity index is 2.55. The number of esters is 1. The van der Waals surface area contributed by atoms with Crippen molar-refractivity contribution in [3.63, 3.8) is 0 Å². The normalized spacial score (nSPS) is 12.4. The highest BCUT2D eigenvalue weighted by molar-refractivity contribution is 5.92. The van der Waals surface area contributed by atoms with E-state index >= 15 is 0 Å². The Bertz CT molecular complexity index is 530. The molecule has 0 aliphatic rings. The van der Waals surface area contributed by atoms with Crippen molar-refractivity contribution in [2.24, 2.45) is 0 Å². The summed E-state index contributed by atoms with van der Waals surface area (Å²) in [6, 6.07) is 4.18. The number of alkyl halides is 3. The molecule has 1 amide bonds. The highest BCUT2D eigenvalue weighted by Crippen LogP contribution is 2.22. The summed E-state index contributed by atoms with van der Waals surface area (Å²) in [6.07, 6.45) is -5.86. The topological polar surface area (TPSA) is 73.9 Å². The van der Waals surface area contributed by atoms with E-state index in [4.69, 9.17) is 9.47 Å². The third-order valence-electron chi connectivity index (χ3n) is 2.58. The van der Waals surface area contributed by atoms with Crippen molar-refractivity contribution in [2.45, 2.75) is 19.4 Å². The minimum atomic E-state index is -4.81. The Hall–Kier alpha value is -2.29. The molecule has 0 saturated carbocycles. The van der Waals surface area contributed by atoms with Crippen LogP contribution in [0, 0.1) is 0 Å². The van der Waals surface area contributed by atoms with Crippen molar-refractivity contribution >= 4 is 11.9 Å². The summed E-state index contributed by atoms with van der Waals surface area (Å²) in [5.41, 5.74) is -0.00364. The van der Waals surface area contributed by atoms with Crippen LogP contribution < -0.4 is 10.1 Å². The summed E-state index contributed by atoms with van der Waals surface area (Å²) in [4.78, 5) is 23.4. The van der Waals surface area contributed by atoms with Gasteiger partial charge in [0, 0.05) is 13.7 Å². The van der Waals surface area contributed by atoms with Crippen molar-refractivity contribution in [3.05, 3.63) is 29.8 Å². The molecule has 0 bridgehead atoms. The van der Waals surface area contributed by atoms with Gasteiger partial charge in [0.1, 0.15) is 5.75 Å². The fraction of sp³-hybridized carbons (Fsp3) is 0.429. The van der Waals surface area contributed by atoms with Gasteiger partial charge in [-0.3, -0.25) is 4.79 Å². The number of nitrogens with one attached hydrogen (secondary N) is 1. The summed E-state index contributed by atoms with van der Waals surface area (Å²) >= 11 is 0. The second kappa shape index (κ2) is 8.37. The molecule has 1 atom stereocenters. The van der Waals surface area contributed by atoms with Crippen molar-refractivity contribution < 1.29 is 37.0 Å². The van der Waals surface area contributed by atoms with Crippen LogP contribution in [0.5, 0.6) is 5.75 Å². The van der Waals surface area contributed by atoms with E-state index in [2.05, 4.69) is 10.1 Å². The molecule has 1 rings (SSSR count). The summed E-state index contributed by atoms with van der Waals surface area (Å²) in [7, 11) is 1.47. The largest absolute Gasteiger partial charge is 0.573 e. The van der Waals surface area contributed by atoms with Gasteiger partial charge in [0.15, 0.2) is 6.10 Å². The third-order valence-corrected chi connectivity index (χ3v) is 2.58. The monoisotopic (exact) mass is 335 g/mol. The Morgan fingerprint density at radius 1 is 1.22 bits per heavy atom. The highest BCUT2D eigenvalue weighted by atomic mass is 19.4. The van der Waals surface area contributed by atoms with Crippen LogP contribution in [0.15, 0.2) is 24.3 Å². The lowest BCUT2D eigenvalue weighted by molar-refractivity contribution is -0.274. The van der Waals surface area contributed by atoms with Gasteiger partial charge in [-0.25, -0.2) is 4.79 Å². The zero-order chi connectivity index (χ0) is 17.5. The fourth-order valence-corrected chi connectivity index (χ4v) is 1.49. The molecular weight excluding hydrogens is 319 g/mol. The summed E-state index contributed by atoms with van der Waals surface area (Å²) in [5, 5.41) is 2.49. The van der Waals surface area contributed by atoms with Crippen molar-refractivity contribution in [3.8, 4) is 5.75 Å². The van der Waals surface area contributed by atoms with Gasteiger partial charge in [-0.15, -0.1) is 13.2 Å². The van der Waals surface area contributed by atoms with Crippen LogP contribution in [0.4, 0.5) is 13.2 Å². The Morgan fingerprint density at radius 3 is 2.35 bits per heavy atom. The lowest BCUT2D eigenvalue weighted by Crippen LogP contribution is -2.37. The molecule has 0 spiro atoms. The number of carbonyl (C=O) groups is 2. The van der Waals surface area contributed by atoms with Crippen molar-refractivity contribution in [2.75, 3.05) is 20.3 Å². The van der Waals surface area contributed by atoms with Crippen molar-refractivity contribution in [1.82, 2.24) is 5.32 Å². The molecule has 0 saturated heterocycles. The molecule has 9 heteroatoms. The molecule has 1 aromatic carbocycles. The Morgan fingerprint density at radius 2 is 1.83 bits per heavy atom. The van der Waals surface area contributed by atoms with Gasteiger partial charge in [-0.1, -0.05) is 0 Å². The van der Waals surface area contributed by atoms with Gasteiger partial charge >= 0.3 is 12.3 Å². The lowest BCUT2D eigenvalue weighted by Gasteiger charge is -2.13. The van der Waals surface area contributed by atoms with Crippen LogP contribution in [0.3, 0.4) is 0 Å². The maximum absolute atomic E-state index is 12.0. The molecule has 0 heterocycles. The second-order valence-electron chi connectivity index (χ2n) is 4.40. The number of amides is 1. The molecule has 6 nitrogen and oxygen atoms in total. The first-order chi connectivity index (χ1) is 10.7. The number of benzene rings is 1. The van der Waals surface area contributed by atoms with E-state index in [-0.39, 0.29) is 12.1 Å². The van der Waals surface area contributed by atoms with Crippen molar-refractivity contribution in [1.29, 1.82) is 0 Å². The summed E-state index contributed by atoms with van der Waals surface area (Å²) < 4.78 is 49.4. The van der Waals surface area contributed by atoms with E-state index in [0.29, 0.717) is 6.61 Å². The average molecular weight is 335 g/mol. The average Bonchev–Trinajstić information content (AvgIpc) is 2.46. The van der Waals surface area contributed by atoms with Gasteiger partial charge in [0.25, 0.3) is 5.91 Å². The standard InChI is InChI=1S/C14H16F3NO5/c1-9(12(19)18-7-8-21-2)22-13(20)10-3-5-11(6-4-10)23-14(15,16)17/h3-6,9H,7-8H2,1-2H3,(H,18,19)/t9-/m1/s1. The number of rotatable bonds is 7. The quantitative estimate of drug-likeness (QED) is 0.608. The molecular formula is C14H16F3NO5. The first kappa shape index (κ1) is 18.8. The molecule has 128 valence electrons. The van der Waals surface area contributed by atoms with Crippen LogP contribution in [-0.4, -0.2) is 44.6 Å². The predicted molar refractivity (Wildman–Crippen MR) is 72.9 cm³/mol. The maximum atomic E-state index is 12.0. The molecule has 0 fully saturated rings.